The molecule has 82 valence electrons. The lowest BCUT2D eigenvalue weighted by Crippen LogP contribution is -2.20. The van der Waals surface area contributed by atoms with Crippen LogP contribution >= 0.6 is 0 Å². The Morgan fingerprint density at radius 2 is 1.87 bits per heavy atom. The van der Waals surface area contributed by atoms with Gasteiger partial charge in [0.25, 0.3) is 0 Å². The van der Waals surface area contributed by atoms with E-state index in [1.807, 2.05) is 7.05 Å². The Hall–Kier alpha value is -1.15. The fourth-order valence-electron chi connectivity index (χ4n) is 1.43. The minimum Gasteiger partial charge on any atom is -0.302 e. The molecule has 1 rings (SSSR count). The summed E-state index contributed by atoms with van der Waals surface area (Å²) in [7, 11) is 2.04. The van der Waals surface area contributed by atoms with Crippen molar-refractivity contribution in [1.82, 2.24) is 4.90 Å². The highest BCUT2D eigenvalue weighted by atomic mass is 16.1. The van der Waals surface area contributed by atoms with Gasteiger partial charge >= 0.3 is 0 Å². The molecule has 0 heterocycles. The van der Waals surface area contributed by atoms with Gasteiger partial charge in [0, 0.05) is 19.5 Å². The smallest absolute Gasteiger partial charge is 0.131 e. The average molecular weight is 205 g/mol. The molecule has 0 bridgehead atoms. The molecule has 2 nitrogen and oxygen atoms in total. The number of carbonyl (C=O) groups excluding carboxylic acids is 1. The fourth-order valence-corrected chi connectivity index (χ4v) is 1.43. The van der Waals surface area contributed by atoms with Crippen molar-refractivity contribution < 1.29 is 4.79 Å². The van der Waals surface area contributed by atoms with Gasteiger partial charge in [0.05, 0.1) is 0 Å². The number of Topliss-reactive ketones (excluding diaryl/α,β-unsaturated/α-hetero) is 1. The molecule has 0 amide bonds. The van der Waals surface area contributed by atoms with E-state index in [4.69, 9.17) is 0 Å². The highest BCUT2D eigenvalue weighted by Gasteiger charge is 2.01. The molecule has 0 atom stereocenters. The summed E-state index contributed by atoms with van der Waals surface area (Å²) in [6, 6.07) is 8.52. The molecule has 0 spiro atoms. The van der Waals surface area contributed by atoms with Crippen LogP contribution in [0.5, 0.6) is 0 Å². The summed E-state index contributed by atoms with van der Waals surface area (Å²) in [4.78, 5) is 13.0. The standard InChI is InChI=1S/C13H19NO/c1-11-4-6-13(7-5-11)10-14(3)9-8-12(2)15/h4-7H,8-10H2,1-3H3. The first-order valence-corrected chi connectivity index (χ1v) is 5.31. The Bertz CT molecular complexity index is 316. The third-order valence-electron chi connectivity index (χ3n) is 2.42. The number of hydrogen-bond donors (Lipinski definition) is 0. The quantitative estimate of drug-likeness (QED) is 0.735. The molecule has 0 saturated heterocycles. The molecule has 1 aromatic rings. The molecule has 0 saturated carbocycles. The maximum atomic E-state index is 10.8. The lowest BCUT2D eigenvalue weighted by molar-refractivity contribution is -0.117. The van der Waals surface area contributed by atoms with Crippen molar-refractivity contribution in [2.45, 2.75) is 26.8 Å². The molecule has 0 unspecified atom stereocenters. The van der Waals surface area contributed by atoms with Crippen LogP contribution in [-0.4, -0.2) is 24.3 Å². The minimum atomic E-state index is 0.255. The van der Waals surface area contributed by atoms with Crippen LogP contribution in [-0.2, 0) is 11.3 Å². The summed E-state index contributed by atoms with van der Waals surface area (Å²) in [5, 5.41) is 0. The van der Waals surface area contributed by atoms with E-state index in [1.54, 1.807) is 6.92 Å². The highest BCUT2D eigenvalue weighted by Crippen LogP contribution is 2.05. The molecule has 0 aliphatic rings. The maximum Gasteiger partial charge on any atom is 0.131 e. The summed E-state index contributed by atoms with van der Waals surface area (Å²) in [5.41, 5.74) is 2.58. The van der Waals surface area contributed by atoms with Crippen molar-refractivity contribution in [2.24, 2.45) is 0 Å². The zero-order chi connectivity index (χ0) is 11.3. The first kappa shape index (κ1) is 11.9. The van der Waals surface area contributed by atoms with Gasteiger partial charge in [-0.2, -0.15) is 0 Å². The van der Waals surface area contributed by atoms with Crippen molar-refractivity contribution >= 4 is 5.78 Å². The number of rotatable bonds is 5. The molecule has 1 aromatic carbocycles. The normalized spacial score (nSPS) is 10.7. The lowest BCUT2D eigenvalue weighted by Gasteiger charge is -2.15. The van der Waals surface area contributed by atoms with Gasteiger partial charge in [0.15, 0.2) is 0 Å². The Morgan fingerprint density at radius 3 is 2.40 bits per heavy atom. The van der Waals surface area contributed by atoms with E-state index in [2.05, 4.69) is 36.1 Å². The summed E-state index contributed by atoms with van der Waals surface area (Å²) in [6.07, 6.45) is 0.641. The van der Waals surface area contributed by atoms with Crippen molar-refractivity contribution in [1.29, 1.82) is 0 Å². The van der Waals surface area contributed by atoms with Gasteiger partial charge < -0.3 is 4.90 Å². The molecule has 0 aromatic heterocycles. The Morgan fingerprint density at radius 1 is 1.27 bits per heavy atom. The molecular formula is C13H19NO. The molecule has 0 fully saturated rings. The molecule has 0 radical (unpaired) electrons. The number of carbonyl (C=O) groups is 1. The van der Waals surface area contributed by atoms with Crippen molar-refractivity contribution in [3.05, 3.63) is 35.4 Å². The Balaban J connectivity index is 2.40. The molecular weight excluding hydrogens is 186 g/mol. The monoisotopic (exact) mass is 205 g/mol. The minimum absolute atomic E-state index is 0.255. The van der Waals surface area contributed by atoms with E-state index in [1.165, 1.54) is 11.1 Å². The summed E-state index contributed by atoms with van der Waals surface area (Å²) in [5.74, 6) is 0.255. The number of aryl methyl sites for hydroxylation is 1. The van der Waals surface area contributed by atoms with E-state index in [-0.39, 0.29) is 5.78 Å². The average Bonchev–Trinajstić information content (AvgIpc) is 2.19. The number of nitrogens with zero attached hydrogens (tertiary/aromatic N) is 1. The lowest BCUT2D eigenvalue weighted by atomic mass is 10.1. The van der Waals surface area contributed by atoms with E-state index >= 15 is 0 Å². The first-order valence-electron chi connectivity index (χ1n) is 5.31. The largest absolute Gasteiger partial charge is 0.302 e. The second-order valence-electron chi connectivity index (χ2n) is 4.18. The van der Waals surface area contributed by atoms with Crippen LogP contribution < -0.4 is 0 Å². The van der Waals surface area contributed by atoms with Crippen LogP contribution in [0.3, 0.4) is 0 Å². The van der Waals surface area contributed by atoms with Gasteiger partial charge in [-0.25, -0.2) is 0 Å². The van der Waals surface area contributed by atoms with E-state index in [0.29, 0.717) is 6.42 Å². The van der Waals surface area contributed by atoms with Crippen molar-refractivity contribution in [3.8, 4) is 0 Å². The van der Waals surface area contributed by atoms with Gasteiger partial charge in [-0.3, -0.25) is 4.79 Å². The SMILES string of the molecule is CC(=O)CCN(C)Cc1ccc(C)cc1. The predicted octanol–water partition coefficient (Wildman–Crippen LogP) is 2.41. The van der Waals surface area contributed by atoms with E-state index in [9.17, 15) is 4.79 Å². The van der Waals surface area contributed by atoms with Gasteiger partial charge in [-0.1, -0.05) is 29.8 Å². The fraction of sp³-hybridized carbons (Fsp3) is 0.462. The second-order valence-corrected chi connectivity index (χ2v) is 4.18. The van der Waals surface area contributed by atoms with E-state index in [0.717, 1.165) is 13.1 Å². The summed E-state index contributed by atoms with van der Waals surface area (Å²) < 4.78 is 0. The van der Waals surface area contributed by atoms with Crippen molar-refractivity contribution in [3.63, 3.8) is 0 Å². The summed E-state index contributed by atoms with van der Waals surface area (Å²) in [6.45, 7) is 5.47. The maximum absolute atomic E-state index is 10.8. The molecule has 0 aliphatic carbocycles. The van der Waals surface area contributed by atoms with Gasteiger partial charge in [-0.05, 0) is 26.5 Å². The zero-order valence-electron chi connectivity index (χ0n) is 9.79. The van der Waals surface area contributed by atoms with Crippen molar-refractivity contribution in [2.75, 3.05) is 13.6 Å². The van der Waals surface area contributed by atoms with Crippen LogP contribution in [0.25, 0.3) is 0 Å². The molecule has 0 N–H and O–H groups in total. The Labute approximate surface area is 91.9 Å². The molecule has 0 aliphatic heterocycles. The second kappa shape index (κ2) is 5.66. The Kier molecular flexibility index (Phi) is 4.50. The van der Waals surface area contributed by atoms with Crippen LogP contribution in [0, 0.1) is 6.92 Å². The topological polar surface area (TPSA) is 20.3 Å². The van der Waals surface area contributed by atoms with Gasteiger partial charge in [-0.15, -0.1) is 0 Å². The van der Waals surface area contributed by atoms with Gasteiger partial charge in [0.2, 0.25) is 0 Å². The van der Waals surface area contributed by atoms with Crippen LogP contribution in [0.2, 0.25) is 0 Å². The summed E-state index contributed by atoms with van der Waals surface area (Å²) >= 11 is 0. The molecule has 15 heavy (non-hydrogen) atoms. The predicted molar refractivity (Wildman–Crippen MR) is 62.8 cm³/mol. The van der Waals surface area contributed by atoms with Gasteiger partial charge in [0.1, 0.15) is 5.78 Å². The van der Waals surface area contributed by atoms with Crippen LogP contribution in [0.15, 0.2) is 24.3 Å². The first-order chi connectivity index (χ1) is 7.08. The van der Waals surface area contributed by atoms with Crippen LogP contribution in [0.4, 0.5) is 0 Å². The number of ketones is 1. The third kappa shape index (κ3) is 4.75. The molecule has 2 heteroatoms. The number of benzene rings is 1. The van der Waals surface area contributed by atoms with Crippen LogP contribution in [0.1, 0.15) is 24.5 Å². The third-order valence-corrected chi connectivity index (χ3v) is 2.42. The highest BCUT2D eigenvalue weighted by molar-refractivity contribution is 5.75. The van der Waals surface area contributed by atoms with E-state index < -0.39 is 0 Å². The zero-order valence-corrected chi connectivity index (χ0v) is 9.79. The number of hydrogen-bond acceptors (Lipinski definition) is 2.